The van der Waals surface area contributed by atoms with Crippen LogP contribution in [0.25, 0.3) is 10.9 Å². The Morgan fingerprint density at radius 1 is 1.10 bits per heavy atom. The predicted octanol–water partition coefficient (Wildman–Crippen LogP) is 1.52. The van der Waals surface area contributed by atoms with Crippen LogP contribution in [0.15, 0.2) is 42.5 Å². The van der Waals surface area contributed by atoms with Gasteiger partial charge in [0.25, 0.3) is 0 Å². The molecule has 0 aliphatic heterocycles. The van der Waals surface area contributed by atoms with Gasteiger partial charge in [0, 0.05) is 11.1 Å². The maximum absolute atomic E-state index is 5.78. The summed E-state index contributed by atoms with van der Waals surface area (Å²) in [5, 5.41) is 4.30. The van der Waals surface area contributed by atoms with Crippen LogP contribution in [-0.4, -0.2) is 17.8 Å². The highest BCUT2D eigenvalue weighted by molar-refractivity contribution is 6.33. The van der Waals surface area contributed by atoms with E-state index >= 15 is 0 Å². The van der Waals surface area contributed by atoms with Gasteiger partial charge in [0.2, 0.25) is 5.95 Å². The number of nitrogens with one attached hydrogen (secondary N) is 1. The van der Waals surface area contributed by atoms with E-state index in [1.165, 1.54) is 5.56 Å². The molecule has 20 heavy (non-hydrogen) atoms. The highest BCUT2D eigenvalue weighted by atomic mass is 15.1. The number of fused-ring (bicyclic) bond motifs is 1. The molecule has 0 aliphatic carbocycles. The highest BCUT2D eigenvalue weighted by Crippen LogP contribution is 2.24. The molecule has 0 saturated carbocycles. The Morgan fingerprint density at radius 2 is 1.95 bits per heavy atom. The quantitative estimate of drug-likeness (QED) is 0.687. The van der Waals surface area contributed by atoms with E-state index in [9.17, 15) is 0 Å². The minimum absolute atomic E-state index is 0.275. The van der Waals surface area contributed by atoms with E-state index < -0.39 is 0 Å². The van der Waals surface area contributed by atoms with Crippen LogP contribution in [0.1, 0.15) is 5.56 Å². The summed E-state index contributed by atoms with van der Waals surface area (Å²) in [7, 11) is 2.05. The van der Waals surface area contributed by atoms with Crippen molar-refractivity contribution in [2.24, 2.45) is 0 Å². The van der Waals surface area contributed by atoms with E-state index in [-0.39, 0.29) is 5.95 Å². The number of benzene rings is 2. The summed E-state index contributed by atoms with van der Waals surface area (Å²) in [6.45, 7) is 2.06. The Labute approximate surface area is 118 Å². The van der Waals surface area contributed by atoms with Crippen molar-refractivity contribution in [2.75, 3.05) is 11.1 Å². The number of aryl methyl sites for hydroxylation is 1. The Bertz CT molecular complexity index is 786. The average Bonchev–Trinajstić information content (AvgIpc) is 2.39. The SMILES string of the molecule is Bc1ccc2nc(N)nc(Nc3cccc(C)c3)c2c1. The molecule has 0 saturated heterocycles. The number of aromatic nitrogens is 2. The van der Waals surface area contributed by atoms with Gasteiger partial charge in [-0.3, -0.25) is 0 Å². The summed E-state index contributed by atoms with van der Waals surface area (Å²) >= 11 is 0. The van der Waals surface area contributed by atoms with Crippen LogP contribution >= 0.6 is 0 Å². The molecule has 0 amide bonds. The molecule has 0 unspecified atom stereocenters. The molecule has 0 atom stereocenters. The number of anilines is 3. The second-order valence-corrected chi connectivity index (χ2v) is 4.95. The van der Waals surface area contributed by atoms with Crippen LogP contribution in [0.3, 0.4) is 0 Å². The maximum Gasteiger partial charge on any atom is 0.222 e. The number of nitrogens with two attached hydrogens (primary N) is 1. The Morgan fingerprint density at radius 3 is 2.75 bits per heavy atom. The topological polar surface area (TPSA) is 63.8 Å². The first-order chi connectivity index (χ1) is 9.61. The third-order valence-corrected chi connectivity index (χ3v) is 3.15. The standard InChI is InChI=1S/C15H15BN4/c1-9-3-2-4-11(7-9)18-14-12-8-10(16)5-6-13(12)19-15(17)20-14/h2-8H,16H2,1H3,(H3,17,18,19,20). The van der Waals surface area contributed by atoms with Crippen LogP contribution in [0, 0.1) is 6.92 Å². The minimum atomic E-state index is 0.275. The van der Waals surface area contributed by atoms with Gasteiger partial charge < -0.3 is 11.1 Å². The van der Waals surface area contributed by atoms with Gasteiger partial charge >= 0.3 is 0 Å². The first-order valence-electron chi connectivity index (χ1n) is 6.49. The fourth-order valence-electron chi connectivity index (χ4n) is 2.22. The van der Waals surface area contributed by atoms with Gasteiger partial charge in [-0.15, -0.1) is 0 Å². The lowest BCUT2D eigenvalue weighted by molar-refractivity contribution is 1.23. The van der Waals surface area contributed by atoms with E-state index in [1.807, 2.05) is 32.1 Å². The van der Waals surface area contributed by atoms with Crippen LogP contribution in [-0.2, 0) is 0 Å². The lowest BCUT2D eigenvalue weighted by Crippen LogP contribution is -2.05. The Kier molecular flexibility index (Phi) is 3.02. The number of rotatable bonds is 2. The molecule has 98 valence electrons. The fraction of sp³-hybridized carbons (Fsp3) is 0.0667. The zero-order valence-electron chi connectivity index (χ0n) is 11.5. The van der Waals surface area contributed by atoms with Crippen molar-refractivity contribution >= 4 is 41.7 Å². The molecule has 4 nitrogen and oxygen atoms in total. The van der Waals surface area contributed by atoms with E-state index in [4.69, 9.17) is 5.73 Å². The summed E-state index contributed by atoms with van der Waals surface area (Å²) in [4.78, 5) is 8.59. The van der Waals surface area contributed by atoms with Gasteiger partial charge in [-0.25, -0.2) is 4.98 Å². The number of hydrogen-bond donors (Lipinski definition) is 2. The summed E-state index contributed by atoms with van der Waals surface area (Å²) in [5.74, 6) is 1.01. The molecule has 0 spiro atoms. The molecule has 0 fully saturated rings. The molecule has 5 heteroatoms. The number of nitrogens with zero attached hydrogens (tertiary/aromatic N) is 2. The molecular formula is C15H15BN4. The molecule has 3 aromatic rings. The Balaban J connectivity index is 2.12. The van der Waals surface area contributed by atoms with Gasteiger partial charge in [-0.2, -0.15) is 4.98 Å². The smallest absolute Gasteiger partial charge is 0.222 e. The zero-order valence-corrected chi connectivity index (χ0v) is 11.5. The molecular weight excluding hydrogens is 247 g/mol. The zero-order chi connectivity index (χ0) is 14.1. The molecule has 3 N–H and O–H groups in total. The van der Waals surface area contributed by atoms with Crippen LogP contribution < -0.4 is 16.5 Å². The predicted molar refractivity (Wildman–Crippen MR) is 86.6 cm³/mol. The summed E-state index contributed by atoms with van der Waals surface area (Å²) in [6.07, 6.45) is 0. The van der Waals surface area contributed by atoms with Gasteiger partial charge in [0.15, 0.2) is 0 Å². The largest absolute Gasteiger partial charge is 0.368 e. The average molecular weight is 262 g/mol. The first-order valence-corrected chi connectivity index (χ1v) is 6.49. The molecule has 1 heterocycles. The van der Waals surface area contributed by atoms with Gasteiger partial charge in [-0.1, -0.05) is 29.7 Å². The van der Waals surface area contributed by atoms with Crippen LogP contribution in [0.5, 0.6) is 0 Å². The first kappa shape index (κ1) is 12.5. The fourth-order valence-corrected chi connectivity index (χ4v) is 2.22. The number of hydrogen-bond acceptors (Lipinski definition) is 4. The van der Waals surface area contributed by atoms with Crippen molar-refractivity contribution in [3.8, 4) is 0 Å². The molecule has 0 aliphatic rings. The van der Waals surface area contributed by atoms with Gasteiger partial charge in [-0.05, 0) is 30.7 Å². The monoisotopic (exact) mass is 262 g/mol. The van der Waals surface area contributed by atoms with Crippen LogP contribution in [0.4, 0.5) is 17.5 Å². The maximum atomic E-state index is 5.78. The lowest BCUT2D eigenvalue weighted by Gasteiger charge is -2.10. The van der Waals surface area contributed by atoms with E-state index in [0.717, 1.165) is 27.9 Å². The molecule has 2 aromatic carbocycles. The van der Waals surface area contributed by atoms with Gasteiger partial charge in [0.05, 0.1) is 5.52 Å². The second-order valence-electron chi connectivity index (χ2n) is 4.95. The van der Waals surface area contributed by atoms with Crippen molar-refractivity contribution in [1.29, 1.82) is 0 Å². The van der Waals surface area contributed by atoms with Crippen molar-refractivity contribution < 1.29 is 0 Å². The van der Waals surface area contributed by atoms with Crippen LogP contribution in [0.2, 0.25) is 0 Å². The summed E-state index contributed by atoms with van der Waals surface area (Å²) < 4.78 is 0. The Hall–Kier alpha value is -2.56. The molecule has 0 radical (unpaired) electrons. The highest BCUT2D eigenvalue weighted by Gasteiger charge is 2.07. The molecule has 1 aromatic heterocycles. The normalized spacial score (nSPS) is 10.7. The summed E-state index contributed by atoms with van der Waals surface area (Å²) in [5.41, 5.74) is 9.98. The van der Waals surface area contributed by atoms with Crippen molar-refractivity contribution in [2.45, 2.75) is 6.92 Å². The summed E-state index contributed by atoms with van der Waals surface area (Å²) in [6, 6.07) is 14.2. The van der Waals surface area contributed by atoms with Gasteiger partial charge in [0.1, 0.15) is 13.7 Å². The van der Waals surface area contributed by atoms with E-state index in [2.05, 4.69) is 40.4 Å². The number of nitrogen functional groups attached to an aromatic ring is 1. The third-order valence-electron chi connectivity index (χ3n) is 3.15. The van der Waals surface area contributed by atoms with Crippen molar-refractivity contribution in [1.82, 2.24) is 9.97 Å². The molecule has 3 rings (SSSR count). The van der Waals surface area contributed by atoms with E-state index in [1.54, 1.807) is 0 Å². The lowest BCUT2D eigenvalue weighted by atomic mass is 9.95. The molecule has 0 bridgehead atoms. The van der Waals surface area contributed by atoms with E-state index in [0.29, 0.717) is 0 Å². The third kappa shape index (κ3) is 2.43. The van der Waals surface area contributed by atoms with Crippen molar-refractivity contribution in [3.05, 3.63) is 48.0 Å². The van der Waals surface area contributed by atoms with Crippen molar-refractivity contribution in [3.63, 3.8) is 0 Å². The second kappa shape index (κ2) is 4.85. The minimum Gasteiger partial charge on any atom is -0.368 e.